The van der Waals surface area contributed by atoms with Crippen LogP contribution in [0.5, 0.6) is 5.75 Å². The fraction of sp³-hybridized carbons (Fsp3) is 0.375. The van der Waals surface area contributed by atoms with Gasteiger partial charge >= 0.3 is 0 Å². The normalized spacial score (nSPS) is 12.1. The number of hydrogen-bond donors (Lipinski definition) is 1. The highest BCUT2D eigenvalue weighted by Crippen LogP contribution is 2.39. The minimum Gasteiger partial charge on any atom is -0.543 e. The summed E-state index contributed by atoms with van der Waals surface area (Å²) in [6.45, 7) is 11.2. The van der Waals surface area contributed by atoms with Crippen LogP contribution in [0.1, 0.15) is 20.8 Å². The summed E-state index contributed by atoms with van der Waals surface area (Å²) in [6, 6.07) is 10.1. The monoisotopic (exact) mass is 387 g/mol. The zero-order chi connectivity index (χ0) is 15.1. The number of benzene rings is 2. The van der Waals surface area contributed by atoms with Crippen molar-refractivity contribution in [2.45, 2.75) is 38.9 Å². The fourth-order valence-electron chi connectivity index (χ4n) is 1.82. The Morgan fingerprint density at radius 3 is 2.24 bits per heavy atom. The smallest absolute Gasteiger partial charge is 0.250 e. The fourth-order valence-corrected chi connectivity index (χ4v) is 3.32. The van der Waals surface area contributed by atoms with E-state index in [1.165, 1.54) is 0 Å². The summed E-state index contributed by atoms with van der Waals surface area (Å²) in [4.78, 5) is 0. The summed E-state index contributed by atoms with van der Waals surface area (Å²) in [6.07, 6.45) is 0. The van der Waals surface area contributed by atoms with Gasteiger partial charge < -0.3 is 10.2 Å². The van der Waals surface area contributed by atoms with Gasteiger partial charge in [0, 0.05) is 15.5 Å². The van der Waals surface area contributed by atoms with Crippen molar-refractivity contribution in [3.05, 3.63) is 34.8 Å². The van der Waals surface area contributed by atoms with Crippen LogP contribution < -0.4 is 10.2 Å². The van der Waals surface area contributed by atoms with Crippen LogP contribution >= 0.6 is 28.3 Å². The van der Waals surface area contributed by atoms with Crippen LogP contribution in [0.2, 0.25) is 18.1 Å². The van der Waals surface area contributed by atoms with E-state index in [4.69, 9.17) is 10.2 Å². The Balaban J connectivity index is 0.00000220. The Labute approximate surface area is 142 Å². The molecule has 21 heavy (non-hydrogen) atoms. The molecule has 0 fully saturated rings. The first-order chi connectivity index (χ1) is 9.12. The second-order valence-electron chi connectivity index (χ2n) is 6.71. The van der Waals surface area contributed by atoms with E-state index in [0.29, 0.717) is 0 Å². The van der Waals surface area contributed by atoms with Crippen molar-refractivity contribution < 1.29 is 4.43 Å². The highest BCUT2D eigenvalue weighted by molar-refractivity contribution is 9.10. The van der Waals surface area contributed by atoms with Crippen molar-refractivity contribution in [1.29, 1.82) is 0 Å². The summed E-state index contributed by atoms with van der Waals surface area (Å²) < 4.78 is 7.39. The van der Waals surface area contributed by atoms with Gasteiger partial charge in [-0.2, -0.15) is 0 Å². The topological polar surface area (TPSA) is 35.2 Å². The van der Waals surface area contributed by atoms with Gasteiger partial charge in [-0.25, -0.2) is 0 Å². The van der Waals surface area contributed by atoms with Crippen molar-refractivity contribution in [2.24, 2.45) is 0 Å². The second-order valence-corrected chi connectivity index (χ2v) is 12.3. The molecule has 0 unspecified atom stereocenters. The largest absolute Gasteiger partial charge is 0.543 e. The van der Waals surface area contributed by atoms with Crippen LogP contribution in [-0.2, 0) is 0 Å². The molecule has 116 valence electrons. The molecule has 0 bridgehead atoms. The van der Waals surface area contributed by atoms with Gasteiger partial charge in [0.25, 0.3) is 0 Å². The molecule has 0 aromatic heterocycles. The van der Waals surface area contributed by atoms with E-state index in [0.717, 1.165) is 26.7 Å². The lowest BCUT2D eigenvalue weighted by atomic mass is 10.1. The first-order valence-electron chi connectivity index (χ1n) is 6.78. The van der Waals surface area contributed by atoms with E-state index in [1.54, 1.807) is 0 Å². The Morgan fingerprint density at radius 1 is 1.05 bits per heavy atom. The molecule has 0 radical (unpaired) electrons. The molecule has 0 saturated carbocycles. The van der Waals surface area contributed by atoms with Crippen LogP contribution in [0.25, 0.3) is 10.8 Å². The average molecular weight is 389 g/mol. The molecule has 2 rings (SSSR count). The number of anilines is 1. The molecule has 0 aliphatic heterocycles. The number of fused-ring (bicyclic) bond motifs is 1. The lowest BCUT2D eigenvalue weighted by Crippen LogP contribution is -2.43. The number of halogens is 2. The van der Waals surface area contributed by atoms with Gasteiger partial charge in [0.2, 0.25) is 8.32 Å². The van der Waals surface area contributed by atoms with Crippen molar-refractivity contribution in [3.63, 3.8) is 0 Å². The van der Waals surface area contributed by atoms with E-state index in [9.17, 15) is 0 Å². The molecule has 0 spiro atoms. The maximum atomic E-state index is 6.34. The van der Waals surface area contributed by atoms with E-state index < -0.39 is 8.32 Å². The first-order valence-corrected chi connectivity index (χ1v) is 10.5. The summed E-state index contributed by atoms with van der Waals surface area (Å²) >= 11 is 3.56. The average Bonchev–Trinajstić information content (AvgIpc) is 2.32. The van der Waals surface area contributed by atoms with E-state index in [1.807, 2.05) is 18.2 Å². The van der Waals surface area contributed by atoms with Crippen LogP contribution in [0, 0.1) is 0 Å². The highest BCUT2D eigenvalue weighted by atomic mass is 79.9. The third kappa shape index (κ3) is 3.73. The van der Waals surface area contributed by atoms with Gasteiger partial charge in [0.1, 0.15) is 5.75 Å². The summed E-state index contributed by atoms with van der Waals surface area (Å²) in [5, 5.41) is 2.34. The summed E-state index contributed by atoms with van der Waals surface area (Å²) in [7, 11) is -1.82. The Bertz CT molecular complexity index is 653. The second kappa shape index (κ2) is 6.19. The molecule has 2 aromatic carbocycles. The third-order valence-corrected chi connectivity index (χ3v) is 9.20. The molecule has 0 saturated heterocycles. The van der Waals surface area contributed by atoms with Crippen molar-refractivity contribution in [3.8, 4) is 5.75 Å². The third-order valence-electron chi connectivity index (χ3n) is 4.15. The van der Waals surface area contributed by atoms with Crippen molar-refractivity contribution >= 4 is 53.1 Å². The first kappa shape index (κ1) is 18.3. The number of nitrogens with two attached hydrogens (primary N) is 1. The van der Waals surface area contributed by atoms with E-state index in [-0.39, 0.29) is 17.4 Å². The quantitative estimate of drug-likeness (QED) is 0.506. The molecule has 0 heterocycles. The number of nitrogen functional groups attached to an aromatic ring is 1. The summed E-state index contributed by atoms with van der Waals surface area (Å²) in [5.41, 5.74) is 6.86. The molecule has 2 nitrogen and oxygen atoms in total. The van der Waals surface area contributed by atoms with Gasteiger partial charge in [-0.05, 0) is 53.9 Å². The molecular weight excluding hydrogens is 366 g/mol. The molecular formula is C16H23BrClNOSi. The van der Waals surface area contributed by atoms with Crippen molar-refractivity contribution in [1.82, 2.24) is 0 Å². The van der Waals surface area contributed by atoms with Gasteiger partial charge in [-0.15, -0.1) is 12.4 Å². The molecule has 0 aliphatic carbocycles. The van der Waals surface area contributed by atoms with Crippen LogP contribution in [0.15, 0.2) is 34.8 Å². The molecule has 0 amide bonds. The predicted molar refractivity (Wildman–Crippen MR) is 101 cm³/mol. The number of rotatable bonds is 2. The summed E-state index contributed by atoms with van der Waals surface area (Å²) in [5.74, 6) is 0.911. The Hall–Kier alpha value is -0.713. The zero-order valence-corrected chi connectivity index (χ0v) is 16.6. The lowest BCUT2D eigenvalue weighted by molar-refractivity contribution is 0.493. The van der Waals surface area contributed by atoms with E-state index >= 15 is 0 Å². The van der Waals surface area contributed by atoms with Crippen molar-refractivity contribution in [2.75, 3.05) is 5.73 Å². The van der Waals surface area contributed by atoms with Gasteiger partial charge in [0.15, 0.2) is 0 Å². The van der Waals surface area contributed by atoms with Crippen LogP contribution in [0.3, 0.4) is 0 Å². The molecule has 2 aromatic rings. The Morgan fingerprint density at radius 2 is 1.67 bits per heavy atom. The standard InChI is InChI=1S/C16H22BrNOSi.ClH/c1-16(2,3)20(4,5)19-11-6-7-12-13(10-11)15(18)9-8-14(12)17;/h6-10H,18H2,1-5H3;1H. The molecule has 0 aliphatic rings. The Kier molecular flexibility index (Phi) is 5.40. The minimum atomic E-state index is -1.82. The van der Waals surface area contributed by atoms with Gasteiger partial charge in [-0.1, -0.05) is 36.7 Å². The minimum absolute atomic E-state index is 0. The molecule has 0 atom stereocenters. The van der Waals surface area contributed by atoms with Gasteiger partial charge in [0.05, 0.1) is 0 Å². The van der Waals surface area contributed by atoms with Crippen LogP contribution in [0.4, 0.5) is 5.69 Å². The van der Waals surface area contributed by atoms with Gasteiger partial charge in [-0.3, -0.25) is 0 Å². The number of hydrogen-bond acceptors (Lipinski definition) is 2. The zero-order valence-electron chi connectivity index (χ0n) is 13.2. The maximum Gasteiger partial charge on any atom is 0.250 e. The lowest BCUT2D eigenvalue weighted by Gasteiger charge is -2.36. The van der Waals surface area contributed by atoms with E-state index in [2.05, 4.69) is 61.9 Å². The maximum absolute atomic E-state index is 6.34. The van der Waals surface area contributed by atoms with Crippen LogP contribution in [-0.4, -0.2) is 8.32 Å². The molecule has 2 N–H and O–H groups in total. The molecule has 5 heteroatoms. The SMILES string of the molecule is CC(C)(C)[Si](C)(C)Oc1ccc2c(Br)ccc(N)c2c1.Cl. The highest BCUT2D eigenvalue weighted by Gasteiger charge is 2.38. The predicted octanol–water partition coefficient (Wildman–Crippen LogP) is 5.99.